The molecule has 0 aromatic carbocycles. The highest BCUT2D eigenvalue weighted by Gasteiger charge is 2.37. The number of amides is 1. The van der Waals surface area contributed by atoms with Gasteiger partial charge in [0.2, 0.25) is 15.9 Å². The Morgan fingerprint density at radius 1 is 1.42 bits per heavy atom. The number of nitrogens with one attached hydrogen (secondary N) is 1. The Kier molecular flexibility index (Phi) is 4.81. The molecule has 6 nitrogen and oxygen atoms in total. The van der Waals surface area contributed by atoms with E-state index in [0.717, 1.165) is 12.8 Å². The highest BCUT2D eigenvalue weighted by molar-refractivity contribution is 7.89. The Morgan fingerprint density at radius 3 is 2.95 bits per heavy atom. The lowest BCUT2D eigenvalue weighted by atomic mass is 9.86. The van der Waals surface area contributed by atoms with Gasteiger partial charge in [-0.2, -0.15) is 0 Å². The highest BCUT2D eigenvalue weighted by Crippen LogP contribution is 2.27. The Labute approximate surface area is 114 Å². The minimum Gasteiger partial charge on any atom is -0.385 e. The number of carbonyl (C=O) groups is 1. The molecule has 19 heavy (non-hydrogen) atoms. The van der Waals surface area contributed by atoms with Crippen LogP contribution >= 0.6 is 0 Å². The summed E-state index contributed by atoms with van der Waals surface area (Å²) >= 11 is 0. The molecule has 0 aliphatic carbocycles. The van der Waals surface area contributed by atoms with E-state index < -0.39 is 10.0 Å². The maximum absolute atomic E-state index is 12.2. The van der Waals surface area contributed by atoms with Crippen LogP contribution in [-0.4, -0.2) is 57.2 Å². The third kappa shape index (κ3) is 3.67. The molecule has 2 atom stereocenters. The fourth-order valence-corrected chi connectivity index (χ4v) is 4.39. The normalized spacial score (nSPS) is 28.8. The summed E-state index contributed by atoms with van der Waals surface area (Å²) in [5.41, 5.74) is 0. The van der Waals surface area contributed by atoms with Crippen LogP contribution in [-0.2, 0) is 19.6 Å². The second-order valence-electron chi connectivity index (χ2n) is 5.28. The summed E-state index contributed by atoms with van der Waals surface area (Å²) in [5, 5.41) is 2.96. The van der Waals surface area contributed by atoms with Crippen LogP contribution in [0.3, 0.4) is 0 Å². The third-order valence-corrected chi connectivity index (χ3v) is 5.85. The Bertz CT molecular complexity index is 423. The number of carbonyl (C=O) groups excluding carboxylic acids is 1. The first-order valence-electron chi connectivity index (χ1n) is 6.79. The number of rotatable bonds is 5. The third-order valence-electron chi connectivity index (χ3n) is 3.93. The molecule has 0 aromatic rings. The van der Waals surface area contributed by atoms with Crippen LogP contribution in [0, 0.1) is 5.92 Å². The molecule has 2 saturated heterocycles. The quantitative estimate of drug-likeness (QED) is 0.721. The van der Waals surface area contributed by atoms with E-state index in [0.29, 0.717) is 32.5 Å². The summed E-state index contributed by atoms with van der Waals surface area (Å²) in [6.07, 6.45) is 2.55. The van der Waals surface area contributed by atoms with E-state index in [2.05, 4.69) is 5.32 Å². The second-order valence-corrected chi connectivity index (χ2v) is 7.37. The summed E-state index contributed by atoms with van der Waals surface area (Å²) in [5.74, 6) is 0.506. The van der Waals surface area contributed by atoms with Gasteiger partial charge in [0.05, 0.1) is 5.75 Å². The molecule has 2 fully saturated rings. The number of nitrogens with zero attached hydrogens (tertiary/aromatic N) is 1. The molecule has 0 aromatic heterocycles. The average molecular weight is 290 g/mol. The van der Waals surface area contributed by atoms with Crippen molar-refractivity contribution in [2.45, 2.75) is 31.7 Å². The van der Waals surface area contributed by atoms with Crippen molar-refractivity contribution in [1.82, 2.24) is 9.62 Å². The fourth-order valence-electron chi connectivity index (χ4n) is 2.84. The molecule has 2 aliphatic heterocycles. The van der Waals surface area contributed by atoms with E-state index in [1.165, 1.54) is 0 Å². The van der Waals surface area contributed by atoms with Crippen molar-refractivity contribution in [3.8, 4) is 0 Å². The van der Waals surface area contributed by atoms with Crippen LogP contribution in [0.15, 0.2) is 0 Å². The maximum atomic E-state index is 12.2. The van der Waals surface area contributed by atoms with Gasteiger partial charge in [-0.15, -0.1) is 0 Å². The molecular weight excluding hydrogens is 268 g/mol. The zero-order valence-corrected chi connectivity index (χ0v) is 12.1. The van der Waals surface area contributed by atoms with Crippen molar-refractivity contribution in [3.05, 3.63) is 0 Å². The molecule has 0 radical (unpaired) electrons. The topological polar surface area (TPSA) is 75.7 Å². The second kappa shape index (κ2) is 6.19. The summed E-state index contributed by atoms with van der Waals surface area (Å²) in [6.45, 7) is 1.52. The van der Waals surface area contributed by atoms with Gasteiger partial charge in [-0.1, -0.05) is 0 Å². The van der Waals surface area contributed by atoms with Crippen LogP contribution in [0.25, 0.3) is 0 Å². The summed E-state index contributed by atoms with van der Waals surface area (Å²) in [7, 11) is -1.61. The summed E-state index contributed by atoms with van der Waals surface area (Å²) in [6, 6.07) is 0.159. The lowest BCUT2D eigenvalue weighted by Crippen LogP contribution is -2.55. The number of methoxy groups -OCH3 is 1. The molecule has 2 heterocycles. The van der Waals surface area contributed by atoms with Gasteiger partial charge in [0.1, 0.15) is 0 Å². The van der Waals surface area contributed by atoms with Gasteiger partial charge in [-0.3, -0.25) is 4.79 Å². The summed E-state index contributed by atoms with van der Waals surface area (Å²) in [4.78, 5) is 11.3. The smallest absolute Gasteiger partial charge is 0.220 e. The van der Waals surface area contributed by atoms with Crippen LogP contribution in [0.4, 0.5) is 0 Å². The van der Waals surface area contributed by atoms with Gasteiger partial charge >= 0.3 is 0 Å². The monoisotopic (exact) mass is 290 g/mol. The molecule has 7 heteroatoms. The molecule has 0 bridgehead atoms. The zero-order valence-electron chi connectivity index (χ0n) is 11.3. The first kappa shape index (κ1) is 14.7. The van der Waals surface area contributed by atoms with Crippen LogP contribution in [0.2, 0.25) is 0 Å². The number of ether oxygens (including phenoxy) is 1. The van der Waals surface area contributed by atoms with Gasteiger partial charge in [0.15, 0.2) is 0 Å². The molecule has 0 spiro atoms. The fraction of sp³-hybridized carbons (Fsp3) is 0.917. The first-order chi connectivity index (χ1) is 9.03. The van der Waals surface area contributed by atoms with E-state index in [1.807, 2.05) is 0 Å². The lowest BCUT2D eigenvalue weighted by molar-refractivity contribution is -0.124. The summed E-state index contributed by atoms with van der Waals surface area (Å²) < 4.78 is 30.8. The van der Waals surface area contributed by atoms with Crippen molar-refractivity contribution >= 4 is 15.9 Å². The minimum absolute atomic E-state index is 0.0950. The number of hydrogen-bond acceptors (Lipinski definition) is 4. The van der Waals surface area contributed by atoms with Crippen molar-refractivity contribution in [2.24, 2.45) is 5.92 Å². The Balaban J connectivity index is 1.91. The molecule has 110 valence electrons. The van der Waals surface area contributed by atoms with Gasteiger partial charge in [-0.05, 0) is 25.2 Å². The molecule has 0 saturated carbocycles. The first-order valence-corrected chi connectivity index (χ1v) is 8.40. The predicted molar refractivity (Wildman–Crippen MR) is 71.1 cm³/mol. The average Bonchev–Trinajstić information content (AvgIpc) is 2.38. The molecule has 2 unspecified atom stereocenters. The molecule has 2 aliphatic rings. The maximum Gasteiger partial charge on any atom is 0.220 e. The van der Waals surface area contributed by atoms with E-state index in [-0.39, 0.29) is 23.6 Å². The van der Waals surface area contributed by atoms with Crippen molar-refractivity contribution in [3.63, 3.8) is 0 Å². The zero-order chi connectivity index (χ0) is 13.9. The highest BCUT2D eigenvalue weighted by atomic mass is 32.2. The number of fused-ring (bicyclic) bond motifs is 1. The number of hydrogen-bond donors (Lipinski definition) is 1. The van der Waals surface area contributed by atoms with E-state index in [9.17, 15) is 13.2 Å². The molecule has 1 amide bonds. The van der Waals surface area contributed by atoms with E-state index in [1.54, 1.807) is 11.4 Å². The van der Waals surface area contributed by atoms with E-state index in [4.69, 9.17) is 4.74 Å². The van der Waals surface area contributed by atoms with Crippen LogP contribution < -0.4 is 5.32 Å². The van der Waals surface area contributed by atoms with Crippen molar-refractivity contribution in [2.75, 3.05) is 32.6 Å². The lowest BCUT2D eigenvalue weighted by Gasteiger charge is -2.40. The number of sulfonamides is 1. The SMILES string of the molecule is COCCCS(=O)(=O)N1CCC2NC(=O)CCC2C1. The largest absolute Gasteiger partial charge is 0.385 e. The predicted octanol–water partition coefficient (Wildman–Crippen LogP) is -0.0468. The van der Waals surface area contributed by atoms with Crippen LogP contribution in [0.1, 0.15) is 25.7 Å². The van der Waals surface area contributed by atoms with Gasteiger partial charge in [0, 0.05) is 39.3 Å². The Morgan fingerprint density at radius 2 is 2.21 bits per heavy atom. The number of piperidine rings is 2. The van der Waals surface area contributed by atoms with Crippen LogP contribution in [0.5, 0.6) is 0 Å². The molecular formula is C12H22N2O4S. The molecule has 2 rings (SSSR count). The van der Waals surface area contributed by atoms with Gasteiger partial charge in [-0.25, -0.2) is 12.7 Å². The Hall–Kier alpha value is -0.660. The van der Waals surface area contributed by atoms with E-state index >= 15 is 0 Å². The minimum atomic E-state index is -3.18. The molecule has 1 N–H and O–H groups in total. The van der Waals surface area contributed by atoms with Gasteiger partial charge in [0.25, 0.3) is 0 Å². The van der Waals surface area contributed by atoms with Gasteiger partial charge < -0.3 is 10.1 Å². The standard InChI is InChI=1S/C12H22N2O4S/c1-18-7-2-8-19(16,17)14-6-5-11-10(9-14)3-4-12(15)13-11/h10-11H,2-9H2,1H3,(H,13,15). The van der Waals surface area contributed by atoms with Crippen molar-refractivity contribution in [1.29, 1.82) is 0 Å². The van der Waals surface area contributed by atoms with Crippen molar-refractivity contribution < 1.29 is 17.9 Å².